The number of hydrogen-bond acceptors (Lipinski definition) is 2. The number of rotatable bonds is 3. The molecular weight excluding hydrogens is 196 g/mol. The zero-order valence-corrected chi connectivity index (χ0v) is 9.42. The number of carbonyl (C=O) groups is 1. The van der Waals surface area contributed by atoms with Gasteiger partial charge in [0.2, 0.25) is 0 Å². The Balaban J connectivity index is 3.05. The first-order valence-electron chi connectivity index (χ1n) is 4.73. The van der Waals surface area contributed by atoms with Gasteiger partial charge in [-0.1, -0.05) is 0 Å². The van der Waals surface area contributed by atoms with E-state index in [1.54, 1.807) is 27.8 Å². The summed E-state index contributed by atoms with van der Waals surface area (Å²) in [6.45, 7) is 4.98. The topological polar surface area (TPSA) is 75.1 Å². The van der Waals surface area contributed by atoms with Gasteiger partial charge in [-0.3, -0.25) is 19.4 Å². The van der Waals surface area contributed by atoms with E-state index in [0.29, 0.717) is 17.7 Å². The Morgan fingerprint density at radius 3 is 2.40 bits per heavy atom. The molecule has 0 saturated heterocycles. The van der Waals surface area contributed by atoms with Crippen LogP contribution in [0.5, 0.6) is 0 Å². The minimum Gasteiger partial charge on any atom is -0.481 e. The highest BCUT2D eigenvalue weighted by atomic mass is 16.4. The van der Waals surface area contributed by atoms with Gasteiger partial charge in [0.1, 0.15) is 0 Å². The lowest BCUT2D eigenvalue weighted by atomic mass is 9.87. The zero-order chi connectivity index (χ0) is 11.8. The number of aromatic amines is 1. The lowest BCUT2D eigenvalue weighted by molar-refractivity contribution is -0.146. The van der Waals surface area contributed by atoms with Gasteiger partial charge in [-0.2, -0.15) is 0 Å². The smallest absolute Gasteiger partial charge is 0.309 e. The molecule has 0 aliphatic carbocycles. The minimum absolute atomic E-state index is 0.105. The third-order valence-corrected chi connectivity index (χ3v) is 2.58. The number of aryl methyl sites for hydroxylation is 1. The van der Waals surface area contributed by atoms with E-state index in [1.165, 1.54) is 4.68 Å². The van der Waals surface area contributed by atoms with Crippen molar-refractivity contribution in [3.63, 3.8) is 0 Å². The first-order chi connectivity index (χ1) is 6.75. The Bertz CT molecular complexity index is 440. The molecule has 1 aromatic rings. The van der Waals surface area contributed by atoms with E-state index in [4.69, 9.17) is 5.11 Å². The van der Waals surface area contributed by atoms with Crippen molar-refractivity contribution in [1.29, 1.82) is 0 Å². The fourth-order valence-corrected chi connectivity index (χ4v) is 1.41. The molecule has 0 atom stereocenters. The molecule has 0 aliphatic heterocycles. The summed E-state index contributed by atoms with van der Waals surface area (Å²) in [5.74, 6) is -0.869. The van der Waals surface area contributed by atoms with E-state index in [-0.39, 0.29) is 5.56 Å². The summed E-state index contributed by atoms with van der Waals surface area (Å²) >= 11 is 0. The predicted molar refractivity (Wildman–Crippen MR) is 55.9 cm³/mol. The van der Waals surface area contributed by atoms with Gasteiger partial charge in [0.15, 0.2) is 0 Å². The Hall–Kier alpha value is -1.52. The maximum atomic E-state index is 11.4. The highest BCUT2D eigenvalue weighted by Gasteiger charge is 2.29. The molecule has 1 heterocycles. The van der Waals surface area contributed by atoms with Crippen LogP contribution in [0.2, 0.25) is 0 Å². The van der Waals surface area contributed by atoms with Gasteiger partial charge in [0.25, 0.3) is 5.56 Å². The minimum atomic E-state index is -0.869. The molecule has 0 aliphatic rings. The van der Waals surface area contributed by atoms with Crippen LogP contribution in [0.3, 0.4) is 0 Å². The molecule has 84 valence electrons. The largest absolute Gasteiger partial charge is 0.481 e. The number of H-pyrrole nitrogens is 1. The van der Waals surface area contributed by atoms with Crippen LogP contribution in [-0.4, -0.2) is 20.9 Å². The third-order valence-electron chi connectivity index (χ3n) is 2.58. The van der Waals surface area contributed by atoms with E-state index >= 15 is 0 Å². The molecule has 0 fully saturated rings. The number of carboxylic acids is 1. The average molecular weight is 212 g/mol. The molecule has 1 rings (SSSR count). The van der Waals surface area contributed by atoms with Gasteiger partial charge in [-0.05, 0) is 20.8 Å². The van der Waals surface area contributed by atoms with E-state index in [2.05, 4.69) is 5.10 Å². The Kier molecular flexibility index (Phi) is 2.75. The molecule has 2 N–H and O–H groups in total. The molecule has 0 saturated carbocycles. The fraction of sp³-hybridized carbons (Fsp3) is 0.600. The summed E-state index contributed by atoms with van der Waals surface area (Å²) in [5.41, 5.74) is 0.308. The van der Waals surface area contributed by atoms with E-state index in [9.17, 15) is 9.59 Å². The van der Waals surface area contributed by atoms with Crippen molar-refractivity contribution in [2.75, 3.05) is 0 Å². The summed E-state index contributed by atoms with van der Waals surface area (Å²) in [7, 11) is 1.62. The lowest BCUT2D eigenvalue weighted by Gasteiger charge is -2.18. The lowest BCUT2D eigenvalue weighted by Crippen LogP contribution is -2.26. The number of hydrogen-bond donors (Lipinski definition) is 2. The van der Waals surface area contributed by atoms with Crippen molar-refractivity contribution in [2.24, 2.45) is 12.5 Å². The van der Waals surface area contributed by atoms with Gasteiger partial charge in [-0.15, -0.1) is 0 Å². The summed E-state index contributed by atoms with van der Waals surface area (Å²) in [4.78, 5) is 22.4. The second kappa shape index (κ2) is 3.56. The zero-order valence-electron chi connectivity index (χ0n) is 9.42. The van der Waals surface area contributed by atoms with Crippen molar-refractivity contribution in [1.82, 2.24) is 9.78 Å². The number of nitrogens with one attached hydrogen (secondary N) is 1. The fourth-order valence-electron chi connectivity index (χ4n) is 1.41. The van der Waals surface area contributed by atoms with Crippen LogP contribution >= 0.6 is 0 Å². The predicted octanol–water partition coefficient (Wildman–Crippen LogP) is 0.675. The van der Waals surface area contributed by atoms with Gasteiger partial charge < -0.3 is 5.11 Å². The molecule has 5 nitrogen and oxygen atoms in total. The van der Waals surface area contributed by atoms with Gasteiger partial charge in [0, 0.05) is 24.7 Å². The highest BCUT2D eigenvalue weighted by Crippen LogP contribution is 2.21. The summed E-state index contributed by atoms with van der Waals surface area (Å²) in [6, 6.07) is 0. The van der Waals surface area contributed by atoms with Crippen LogP contribution in [0.4, 0.5) is 0 Å². The maximum absolute atomic E-state index is 11.4. The van der Waals surface area contributed by atoms with Crippen molar-refractivity contribution in [3.05, 3.63) is 21.6 Å². The summed E-state index contributed by atoms with van der Waals surface area (Å²) < 4.78 is 1.36. The Labute approximate surface area is 87.7 Å². The molecule has 0 aromatic carbocycles. The first kappa shape index (κ1) is 11.6. The Morgan fingerprint density at radius 1 is 1.53 bits per heavy atom. The van der Waals surface area contributed by atoms with E-state index in [1.807, 2.05) is 0 Å². The van der Waals surface area contributed by atoms with Crippen molar-refractivity contribution in [2.45, 2.75) is 27.2 Å². The number of aliphatic carboxylic acids is 1. The number of aromatic nitrogens is 2. The molecule has 1 aromatic heterocycles. The van der Waals surface area contributed by atoms with Gasteiger partial charge in [0.05, 0.1) is 5.41 Å². The monoisotopic (exact) mass is 212 g/mol. The van der Waals surface area contributed by atoms with E-state index in [0.717, 1.165) is 0 Å². The number of nitrogens with zero attached hydrogens (tertiary/aromatic N) is 1. The molecule has 0 amide bonds. The van der Waals surface area contributed by atoms with Crippen molar-refractivity contribution < 1.29 is 9.90 Å². The molecule has 0 unspecified atom stereocenters. The van der Waals surface area contributed by atoms with Crippen LogP contribution < -0.4 is 5.56 Å². The summed E-state index contributed by atoms with van der Waals surface area (Å²) in [5, 5.41) is 11.8. The van der Waals surface area contributed by atoms with Crippen LogP contribution in [0.1, 0.15) is 25.1 Å². The van der Waals surface area contributed by atoms with Crippen molar-refractivity contribution >= 4 is 5.97 Å². The van der Waals surface area contributed by atoms with Crippen LogP contribution in [-0.2, 0) is 18.3 Å². The molecule has 0 bridgehead atoms. The van der Waals surface area contributed by atoms with Gasteiger partial charge >= 0.3 is 5.97 Å². The normalized spacial score (nSPS) is 11.7. The molecule has 0 radical (unpaired) electrons. The second-order valence-electron chi connectivity index (χ2n) is 4.45. The summed E-state index contributed by atoms with van der Waals surface area (Å²) in [6.07, 6.45) is 0.324. The van der Waals surface area contributed by atoms with Crippen molar-refractivity contribution in [3.8, 4) is 0 Å². The molecular formula is C10H16N2O3. The van der Waals surface area contributed by atoms with Gasteiger partial charge in [-0.25, -0.2) is 0 Å². The third kappa shape index (κ3) is 2.11. The molecule has 0 spiro atoms. The number of carboxylic acid groups (broad SMARTS) is 1. The average Bonchev–Trinajstić information content (AvgIpc) is 2.33. The SMILES string of the molecule is Cc1c(CC(C)(C)C(=O)O)[nH]n(C)c1=O. The molecule has 15 heavy (non-hydrogen) atoms. The maximum Gasteiger partial charge on any atom is 0.309 e. The Morgan fingerprint density at radius 2 is 2.07 bits per heavy atom. The molecule has 5 heteroatoms. The first-order valence-corrected chi connectivity index (χ1v) is 4.73. The quantitative estimate of drug-likeness (QED) is 0.773. The van der Waals surface area contributed by atoms with Crippen LogP contribution in [0, 0.1) is 12.3 Å². The second-order valence-corrected chi connectivity index (χ2v) is 4.45. The highest BCUT2D eigenvalue weighted by molar-refractivity contribution is 5.74. The van der Waals surface area contributed by atoms with Crippen LogP contribution in [0.25, 0.3) is 0 Å². The van der Waals surface area contributed by atoms with Crippen LogP contribution in [0.15, 0.2) is 4.79 Å². The van der Waals surface area contributed by atoms with E-state index < -0.39 is 11.4 Å². The standard InChI is InChI=1S/C10H16N2O3/c1-6-7(11-12(4)8(6)13)5-10(2,3)9(14)15/h11H,5H2,1-4H3,(H,14,15).